The number of nitrogens with one attached hydrogen (secondary N) is 1. The molecule has 4 aromatic rings. The van der Waals surface area contributed by atoms with Gasteiger partial charge in [0.1, 0.15) is 12.4 Å². The summed E-state index contributed by atoms with van der Waals surface area (Å²) in [6.45, 7) is 5.81. The molecule has 2 aromatic carbocycles. The zero-order chi connectivity index (χ0) is 20.8. The number of para-hydroxylation sites is 1. The molecule has 2 heterocycles. The standard InChI is InChI=1S/C24H26N4OS/c1-3-18(2)19-10-12-21(13-11-19)29-16-15-28-14-6-7-20(28)17-25-27-24-26-22-8-4-5-9-23(22)30-24/h4-14,17-18H,3,15-16H2,1-2H3,(H,26,27). The van der Waals surface area contributed by atoms with Gasteiger partial charge in [-0.1, -0.05) is 49.4 Å². The van der Waals surface area contributed by atoms with E-state index in [4.69, 9.17) is 4.74 Å². The van der Waals surface area contributed by atoms with Crippen molar-refractivity contribution in [3.63, 3.8) is 0 Å². The molecule has 1 unspecified atom stereocenters. The first kappa shape index (κ1) is 20.2. The van der Waals surface area contributed by atoms with E-state index in [1.807, 2.05) is 42.7 Å². The van der Waals surface area contributed by atoms with Gasteiger partial charge in [0.25, 0.3) is 0 Å². The van der Waals surface area contributed by atoms with Crippen LogP contribution in [0.1, 0.15) is 37.4 Å². The molecule has 0 spiro atoms. The van der Waals surface area contributed by atoms with E-state index in [0.29, 0.717) is 12.5 Å². The number of thiazole rings is 1. The minimum Gasteiger partial charge on any atom is -0.492 e. The molecule has 0 saturated heterocycles. The largest absolute Gasteiger partial charge is 0.492 e. The zero-order valence-corrected chi connectivity index (χ0v) is 18.1. The minimum atomic E-state index is 0.581. The molecule has 0 fully saturated rings. The van der Waals surface area contributed by atoms with Crippen LogP contribution in [0.4, 0.5) is 5.13 Å². The number of rotatable bonds is 9. The average molecular weight is 419 g/mol. The molecule has 0 radical (unpaired) electrons. The van der Waals surface area contributed by atoms with E-state index in [1.54, 1.807) is 11.3 Å². The molecule has 1 atom stereocenters. The first-order valence-electron chi connectivity index (χ1n) is 10.3. The van der Waals surface area contributed by atoms with Crippen molar-refractivity contribution in [3.8, 4) is 5.75 Å². The van der Waals surface area contributed by atoms with Crippen LogP contribution in [0.15, 0.2) is 72.0 Å². The quantitative estimate of drug-likeness (QED) is 0.262. The molecule has 6 heteroatoms. The van der Waals surface area contributed by atoms with Gasteiger partial charge in [-0.15, -0.1) is 0 Å². The number of ether oxygens (including phenoxy) is 1. The van der Waals surface area contributed by atoms with Crippen molar-refractivity contribution < 1.29 is 4.74 Å². The van der Waals surface area contributed by atoms with Crippen LogP contribution in [-0.2, 0) is 6.54 Å². The molecular weight excluding hydrogens is 392 g/mol. The molecule has 154 valence electrons. The third kappa shape index (κ3) is 4.89. The molecular formula is C24H26N4OS. The van der Waals surface area contributed by atoms with Crippen molar-refractivity contribution in [3.05, 3.63) is 78.1 Å². The zero-order valence-electron chi connectivity index (χ0n) is 17.3. The van der Waals surface area contributed by atoms with Crippen LogP contribution in [0.2, 0.25) is 0 Å². The van der Waals surface area contributed by atoms with Crippen LogP contribution >= 0.6 is 11.3 Å². The highest BCUT2D eigenvalue weighted by Gasteiger charge is 2.04. The Bertz CT molecular complexity index is 1080. The molecule has 30 heavy (non-hydrogen) atoms. The summed E-state index contributed by atoms with van der Waals surface area (Å²) < 4.78 is 9.19. The van der Waals surface area contributed by atoms with E-state index < -0.39 is 0 Å². The van der Waals surface area contributed by atoms with Gasteiger partial charge in [0, 0.05) is 6.20 Å². The molecule has 0 saturated carbocycles. The first-order chi connectivity index (χ1) is 14.7. The van der Waals surface area contributed by atoms with Gasteiger partial charge in [-0.05, 0) is 54.3 Å². The smallest absolute Gasteiger partial charge is 0.204 e. The summed E-state index contributed by atoms with van der Waals surface area (Å²) in [4.78, 5) is 4.53. The Hall–Kier alpha value is -3.12. The lowest BCUT2D eigenvalue weighted by atomic mass is 9.99. The second-order valence-electron chi connectivity index (χ2n) is 7.21. The second kappa shape index (κ2) is 9.59. The van der Waals surface area contributed by atoms with Crippen molar-refractivity contribution in [2.24, 2.45) is 5.10 Å². The van der Waals surface area contributed by atoms with Gasteiger partial charge in [0.2, 0.25) is 5.13 Å². The molecule has 0 bridgehead atoms. The average Bonchev–Trinajstić information content (AvgIpc) is 3.40. The van der Waals surface area contributed by atoms with Crippen LogP contribution in [0.3, 0.4) is 0 Å². The van der Waals surface area contributed by atoms with E-state index in [-0.39, 0.29) is 0 Å². The van der Waals surface area contributed by atoms with Crippen LogP contribution in [0.25, 0.3) is 10.2 Å². The Balaban J connectivity index is 1.30. The Morgan fingerprint density at radius 2 is 1.97 bits per heavy atom. The van der Waals surface area contributed by atoms with Gasteiger partial charge in [-0.2, -0.15) is 5.10 Å². The second-order valence-corrected chi connectivity index (χ2v) is 8.24. The van der Waals surface area contributed by atoms with E-state index >= 15 is 0 Å². The van der Waals surface area contributed by atoms with Crippen LogP contribution in [-0.4, -0.2) is 22.4 Å². The van der Waals surface area contributed by atoms with E-state index in [2.05, 4.69) is 64.3 Å². The fourth-order valence-electron chi connectivity index (χ4n) is 3.21. The summed E-state index contributed by atoms with van der Waals surface area (Å²) >= 11 is 1.59. The molecule has 1 N–H and O–H groups in total. The summed E-state index contributed by atoms with van der Waals surface area (Å²) in [6.07, 6.45) is 4.99. The van der Waals surface area contributed by atoms with Crippen molar-refractivity contribution in [1.29, 1.82) is 0 Å². The fraction of sp³-hybridized carbons (Fsp3) is 0.250. The number of anilines is 1. The van der Waals surface area contributed by atoms with E-state index in [1.165, 1.54) is 5.56 Å². The highest BCUT2D eigenvalue weighted by molar-refractivity contribution is 7.22. The Labute approximate surface area is 181 Å². The highest BCUT2D eigenvalue weighted by atomic mass is 32.1. The number of hydrogen-bond acceptors (Lipinski definition) is 5. The van der Waals surface area contributed by atoms with Crippen molar-refractivity contribution in [2.75, 3.05) is 12.0 Å². The Morgan fingerprint density at radius 1 is 1.13 bits per heavy atom. The summed E-state index contributed by atoms with van der Waals surface area (Å²) in [6, 6.07) is 20.5. The van der Waals surface area contributed by atoms with Crippen molar-refractivity contribution >= 4 is 32.9 Å². The maximum Gasteiger partial charge on any atom is 0.204 e. The predicted octanol–water partition coefficient (Wildman–Crippen LogP) is 6.14. The number of aromatic nitrogens is 2. The summed E-state index contributed by atoms with van der Waals surface area (Å²) in [5.41, 5.74) is 6.39. The van der Waals surface area contributed by atoms with Crippen molar-refractivity contribution in [2.45, 2.75) is 32.7 Å². The number of hydrazone groups is 1. The molecule has 4 rings (SSSR count). The van der Waals surface area contributed by atoms with Gasteiger partial charge < -0.3 is 9.30 Å². The van der Waals surface area contributed by atoms with Gasteiger partial charge in [0.15, 0.2) is 0 Å². The Morgan fingerprint density at radius 3 is 2.77 bits per heavy atom. The van der Waals surface area contributed by atoms with Crippen LogP contribution in [0, 0.1) is 0 Å². The van der Waals surface area contributed by atoms with Gasteiger partial charge in [-0.25, -0.2) is 4.98 Å². The van der Waals surface area contributed by atoms with E-state index in [9.17, 15) is 0 Å². The minimum absolute atomic E-state index is 0.581. The predicted molar refractivity (Wildman–Crippen MR) is 126 cm³/mol. The summed E-state index contributed by atoms with van der Waals surface area (Å²) in [5.74, 6) is 1.49. The molecule has 2 aromatic heterocycles. The molecule has 0 amide bonds. The maximum absolute atomic E-state index is 5.92. The van der Waals surface area contributed by atoms with Gasteiger partial charge >= 0.3 is 0 Å². The molecule has 0 aliphatic carbocycles. The first-order valence-corrected chi connectivity index (χ1v) is 11.1. The Kier molecular flexibility index (Phi) is 6.44. The third-order valence-electron chi connectivity index (χ3n) is 5.18. The van der Waals surface area contributed by atoms with E-state index in [0.717, 1.165) is 39.8 Å². The van der Waals surface area contributed by atoms with Crippen LogP contribution in [0.5, 0.6) is 5.75 Å². The van der Waals surface area contributed by atoms with Gasteiger partial charge in [-0.3, -0.25) is 5.43 Å². The van der Waals surface area contributed by atoms with Gasteiger partial charge in [0.05, 0.1) is 28.7 Å². The lowest BCUT2D eigenvalue weighted by Crippen LogP contribution is -2.10. The maximum atomic E-state index is 5.92. The third-order valence-corrected chi connectivity index (χ3v) is 6.12. The molecule has 0 aliphatic heterocycles. The normalized spacial score (nSPS) is 12.5. The monoisotopic (exact) mass is 418 g/mol. The lowest BCUT2D eigenvalue weighted by molar-refractivity contribution is 0.298. The molecule has 5 nitrogen and oxygen atoms in total. The highest BCUT2D eigenvalue weighted by Crippen LogP contribution is 2.25. The summed E-state index contributed by atoms with van der Waals surface area (Å²) in [5, 5.41) is 5.14. The van der Waals surface area contributed by atoms with Crippen LogP contribution < -0.4 is 10.2 Å². The molecule has 0 aliphatic rings. The fourth-order valence-corrected chi connectivity index (χ4v) is 4.03. The number of benzene rings is 2. The number of nitrogens with zero attached hydrogens (tertiary/aromatic N) is 3. The number of hydrogen-bond donors (Lipinski definition) is 1. The SMILES string of the molecule is CCC(C)c1ccc(OCCn2cccc2C=NNc2nc3ccccc3s2)cc1. The number of fused-ring (bicyclic) bond motifs is 1. The van der Waals surface area contributed by atoms with Crippen molar-refractivity contribution in [1.82, 2.24) is 9.55 Å². The topological polar surface area (TPSA) is 51.4 Å². The summed E-state index contributed by atoms with van der Waals surface area (Å²) in [7, 11) is 0. The lowest BCUT2D eigenvalue weighted by Gasteiger charge is -2.11.